The van der Waals surface area contributed by atoms with Crippen LogP contribution >= 0.6 is 0 Å². The van der Waals surface area contributed by atoms with Gasteiger partial charge in [0.05, 0.1) is 18.5 Å². The predicted octanol–water partition coefficient (Wildman–Crippen LogP) is 3.79. The molecule has 0 unspecified atom stereocenters. The second-order valence-corrected chi connectivity index (χ2v) is 6.76. The molecule has 148 valence electrons. The van der Waals surface area contributed by atoms with Crippen molar-refractivity contribution in [2.45, 2.75) is 13.3 Å². The van der Waals surface area contributed by atoms with Gasteiger partial charge in [0.1, 0.15) is 19.0 Å². The van der Waals surface area contributed by atoms with E-state index in [-0.39, 0.29) is 5.78 Å². The minimum Gasteiger partial charge on any atom is -0.496 e. The molecule has 0 saturated carbocycles. The fourth-order valence-electron chi connectivity index (χ4n) is 3.18. The van der Waals surface area contributed by atoms with Crippen molar-refractivity contribution < 1.29 is 19.0 Å². The number of ketones is 1. The molecule has 0 fully saturated rings. The van der Waals surface area contributed by atoms with Gasteiger partial charge in [-0.2, -0.15) is 0 Å². The molecule has 0 saturated heterocycles. The summed E-state index contributed by atoms with van der Waals surface area (Å²) in [6.45, 7) is 2.96. The number of rotatable bonds is 6. The van der Waals surface area contributed by atoms with Gasteiger partial charge >= 0.3 is 0 Å². The molecule has 0 amide bonds. The third kappa shape index (κ3) is 3.91. The highest BCUT2D eigenvalue weighted by molar-refractivity contribution is 6.12. The highest BCUT2D eigenvalue weighted by Gasteiger charge is 2.18. The molecule has 28 heavy (non-hydrogen) atoms. The van der Waals surface area contributed by atoms with Crippen LogP contribution in [-0.2, 0) is 0 Å². The van der Waals surface area contributed by atoms with Crippen LogP contribution in [0.4, 0.5) is 11.4 Å². The number of methoxy groups -OCH3 is 1. The largest absolute Gasteiger partial charge is 0.496 e. The SMILES string of the molecule is CC/C(=C\c1cc2c(cc1OC)OCCO2)C(=O)c1ccc(N(C)C)c(N)c1. The molecule has 2 aromatic carbocycles. The molecule has 1 aliphatic rings. The minimum atomic E-state index is -0.0588. The van der Waals surface area contributed by atoms with Crippen LogP contribution in [0.25, 0.3) is 6.08 Å². The summed E-state index contributed by atoms with van der Waals surface area (Å²) in [7, 11) is 5.42. The smallest absolute Gasteiger partial charge is 0.189 e. The first-order valence-electron chi connectivity index (χ1n) is 9.24. The van der Waals surface area contributed by atoms with E-state index in [9.17, 15) is 4.79 Å². The Kier molecular flexibility index (Phi) is 5.78. The van der Waals surface area contributed by atoms with Gasteiger partial charge in [-0.3, -0.25) is 4.79 Å². The van der Waals surface area contributed by atoms with Crippen molar-refractivity contribution in [3.05, 3.63) is 47.0 Å². The molecule has 2 aromatic rings. The Balaban J connectivity index is 1.98. The Morgan fingerprint density at radius 2 is 1.86 bits per heavy atom. The third-order valence-electron chi connectivity index (χ3n) is 4.67. The zero-order valence-corrected chi connectivity index (χ0v) is 16.7. The molecule has 6 heteroatoms. The number of nitrogen functional groups attached to an aromatic ring is 1. The van der Waals surface area contributed by atoms with Crippen LogP contribution < -0.4 is 24.8 Å². The maximum absolute atomic E-state index is 13.1. The van der Waals surface area contributed by atoms with E-state index in [2.05, 4.69) is 0 Å². The Morgan fingerprint density at radius 3 is 2.43 bits per heavy atom. The van der Waals surface area contributed by atoms with Crippen molar-refractivity contribution in [3.8, 4) is 17.2 Å². The van der Waals surface area contributed by atoms with Gasteiger partial charge in [0.2, 0.25) is 0 Å². The fraction of sp³-hybridized carbons (Fsp3) is 0.318. The summed E-state index contributed by atoms with van der Waals surface area (Å²) in [5, 5.41) is 0. The first-order chi connectivity index (χ1) is 13.4. The van der Waals surface area contributed by atoms with Gasteiger partial charge in [0, 0.05) is 36.9 Å². The van der Waals surface area contributed by atoms with Crippen molar-refractivity contribution in [3.63, 3.8) is 0 Å². The number of nitrogens with two attached hydrogens (primary N) is 1. The summed E-state index contributed by atoms with van der Waals surface area (Å²) >= 11 is 0. The number of allylic oxidation sites excluding steroid dienone is 1. The maximum atomic E-state index is 13.1. The molecular weight excluding hydrogens is 356 g/mol. The molecule has 0 atom stereocenters. The summed E-state index contributed by atoms with van der Waals surface area (Å²) in [5.74, 6) is 1.87. The normalized spacial score (nSPS) is 13.2. The van der Waals surface area contributed by atoms with Crippen LogP contribution in [0.2, 0.25) is 0 Å². The van der Waals surface area contributed by atoms with Gasteiger partial charge in [0.25, 0.3) is 0 Å². The second-order valence-electron chi connectivity index (χ2n) is 6.76. The number of nitrogens with zero attached hydrogens (tertiary/aromatic N) is 1. The molecule has 1 aliphatic heterocycles. The number of anilines is 2. The first kappa shape index (κ1) is 19.6. The molecule has 3 rings (SSSR count). The van der Waals surface area contributed by atoms with E-state index >= 15 is 0 Å². The summed E-state index contributed by atoms with van der Waals surface area (Å²) in [5.41, 5.74) is 9.56. The van der Waals surface area contributed by atoms with Crippen LogP contribution in [0.3, 0.4) is 0 Å². The van der Waals surface area contributed by atoms with Crippen molar-refractivity contribution in [1.82, 2.24) is 0 Å². The Hall–Kier alpha value is -3.15. The summed E-state index contributed by atoms with van der Waals surface area (Å²) in [4.78, 5) is 15.0. The van der Waals surface area contributed by atoms with E-state index < -0.39 is 0 Å². The van der Waals surface area contributed by atoms with Gasteiger partial charge in [0.15, 0.2) is 17.3 Å². The Labute approximate surface area is 165 Å². The molecule has 6 nitrogen and oxygen atoms in total. The van der Waals surface area contributed by atoms with Gasteiger partial charge in [-0.05, 0) is 36.8 Å². The average molecular weight is 382 g/mol. The van der Waals surface area contributed by atoms with Crippen molar-refractivity contribution in [2.75, 3.05) is 45.1 Å². The average Bonchev–Trinajstić information content (AvgIpc) is 2.70. The number of carbonyl (C=O) groups is 1. The molecule has 2 N–H and O–H groups in total. The monoisotopic (exact) mass is 382 g/mol. The third-order valence-corrected chi connectivity index (χ3v) is 4.67. The molecule has 0 aliphatic carbocycles. The van der Waals surface area contributed by atoms with E-state index in [1.165, 1.54) is 0 Å². The van der Waals surface area contributed by atoms with E-state index in [4.69, 9.17) is 19.9 Å². The van der Waals surface area contributed by atoms with Crippen LogP contribution in [0.5, 0.6) is 17.2 Å². The molecule has 1 heterocycles. The van der Waals surface area contributed by atoms with Gasteiger partial charge in [-0.25, -0.2) is 0 Å². The summed E-state index contributed by atoms with van der Waals surface area (Å²) < 4.78 is 16.7. The number of Topliss-reactive ketones (excluding diaryl/α,β-unsaturated/α-hetero) is 1. The lowest BCUT2D eigenvalue weighted by Crippen LogP contribution is -2.15. The van der Waals surface area contributed by atoms with Crippen molar-refractivity contribution in [1.29, 1.82) is 0 Å². The first-order valence-corrected chi connectivity index (χ1v) is 9.24. The quantitative estimate of drug-likeness (QED) is 0.465. The highest BCUT2D eigenvalue weighted by atomic mass is 16.6. The van der Waals surface area contributed by atoms with Crippen molar-refractivity contribution in [2.24, 2.45) is 0 Å². The number of benzene rings is 2. The maximum Gasteiger partial charge on any atom is 0.189 e. The molecule has 0 radical (unpaired) electrons. The Bertz CT molecular complexity index is 919. The van der Waals surface area contributed by atoms with E-state index in [0.29, 0.717) is 53.7 Å². The molecule has 0 spiro atoms. The van der Waals surface area contributed by atoms with Crippen molar-refractivity contribution >= 4 is 23.2 Å². The van der Waals surface area contributed by atoms with E-state index in [1.807, 2.05) is 44.1 Å². The number of hydrogen-bond donors (Lipinski definition) is 1. The second kappa shape index (κ2) is 8.25. The van der Waals surface area contributed by atoms with Crippen LogP contribution in [0, 0.1) is 0 Å². The topological polar surface area (TPSA) is 74.0 Å². The zero-order chi connectivity index (χ0) is 20.3. The molecule has 0 aromatic heterocycles. The number of fused-ring (bicyclic) bond motifs is 1. The Morgan fingerprint density at radius 1 is 1.18 bits per heavy atom. The fourth-order valence-corrected chi connectivity index (χ4v) is 3.18. The summed E-state index contributed by atoms with van der Waals surface area (Å²) in [6.07, 6.45) is 2.42. The van der Waals surface area contributed by atoms with Gasteiger partial charge < -0.3 is 24.8 Å². The van der Waals surface area contributed by atoms with E-state index in [0.717, 1.165) is 11.3 Å². The van der Waals surface area contributed by atoms with Crippen LogP contribution in [0.1, 0.15) is 29.3 Å². The summed E-state index contributed by atoms with van der Waals surface area (Å²) in [6, 6.07) is 9.03. The lowest BCUT2D eigenvalue weighted by atomic mass is 9.97. The zero-order valence-electron chi connectivity index (χ0n) is 16.7. The van der Waals surface area contributed by atoms with E-state index in [1.54, 1.807) is 25.3 Å². The van der Waals surface area contributed by atoms with Crippen LogP contribution in [0.15, 0.2) is 35.9 Å². The highest BCUT2D eigenvalue weighted by Crippen LogP contribution is 2.38. The number of hydrogen-bond acceptors (Lipinski definition) is 6. The molecule has 0 bridgehead atoms. The van der Waals surface area contributed by atoms with Crippen LogP contribution in [-0.4, -0.2) is 40.2 Å². The van der Waals surface area contributed by atoms with Gasteiger partial charge in [-0.15, -0.1) is 0 Å². The number of ether oxygens (including phenoxy) is 3. The van der Waals surface area contributed by atoms with Gasteiger partial charge in [-0.1, -0.05) is 6.92 Å². The number of carbonyl (C=O) groups excluding carboxylic acids is 1. The minimum absolute atomic E-state index is 0.0588. The predicted molar refractivity (Wildman–Crippen MR) is 112 cm³/mol. The lowest BCUT2D eigenvalue weighted by molar-refractivity contribution is 0.103. The standard InChI is InChI=1S/C22H26N2O4/c1-5-14(22(25)15-6-7-18(24(2)3)17(23)11-15)10-16-12-20-21(13-19(16)26-4)28-9-8-27-20/h6-7,10-13H,5,8-9,23H2,1-4H3/b14-10+. The lowest BCUT2D eigenvalue weighted by Gasteiger charge is -2.20. The molecular formula is C22H26N2O4.